The molecule has 0 bridgehead atoms. The van der Waals surface area contributed by atoms with Gasteiger partial charge in [-0.05, 0) is 96.2 Å². The molecule has 0 saturated heterocycles. The van der Waals surface area contributed by atoms with Gasteiger partial charge in [0.2, 0.25) is 16.9 Å². The molecule has 59 heavy (non-hydrogen) atoms. The molecule has 2 aromatic heterocycles. The summed E-state index contributed by atoms with van der Waals surface area (Å²) in [6.07, 6.45) is 0. The minimum atomic E-state index is -5.23. The molecule has 0 aliphatic rings. The maximum atomic E-state index is 12.5. The first kappa shape index (κ1) is 40.9. The first-order valence-electron chi connectivity index (χ1n) is 16.1. The van der Waals surface area contributed by atoms with Crippen LogP contribution in [0.1, 0.15) is 15.9 Å². The lowest BCUT2D eigenvalue weighted by Gasteiger charge is -2.12. The van der Waals surface area contributed by atoms with Crippen molar-refractivity contribution in [2.45, 2.75) is 21.6 Å². The molecule has 0 aliphatic carbocycles. The summed E-state index contributed by atoms with van der Waals surface area (Å²) in [5, 5.41) is 31.0. The number of aryl methyl sites for hydroxylation is 1. The Labute approximate surface area is 340 Å². The maximum absolute atomic E-state index is 12.5. The summed E-state index contributed by atoms with van der Waals surface area (Å²) in [7, 11) is -14.7. The van der Waals surface area contributed by atoms with Crippen molar-refractivity contribution in [1.82, 2.24) is 19.9 Å². The highest BCUT2D eigenvalue weighted by Gasteiger charge is 2.26. The predicted molar refractivity (Wildman–Crippen MR) is 212 cm³/mol. The third-order valence-corrected chi connectivity index (χ3v) is 12.2. The van der Waals surface area contributed by atoms with Gasteiger partial charge in [0.1, 0.15) is 21.3 Å². The zero-order valence-electron chi connectivity index (χ0n) is 29.3. The molecule has 0 radical (unpaired) electrons. The van der Waals surface area contributed by atoms with Crippen LogP contribution >= 0.6 is 22.9 Å². The van der Waals surface area contributed by atoms with Crippen molar-refractivity contribution in [2.75, 3.05) is 5.32 Å². The van der Waals surface area contributed by atoms with E-state index in [4.69, 9.17) is 11.6 Å². The van der Waals surface area contributed by atoms with Gasteiger partial charge in [-0.25, -0.2) is 14.8 Å². The van der Waals surface area contributed by atoms with Gasteiger partial charge in [-0.1, -0.05) is 12.1 Å². The summed E-state index contributed by atoms with van der Waals surface area (Å²) in [4.78, 5) is 29.2. The lowest BCUT2D eigenvalue weighted by atomic mass is 10.1. The molecule has 0 fully saturated rings. The van der Waals surface area contributed by atoms with Crippen molar-refractivity contribution in [3.8, 4) is 16.3 Å². The lowest BCUT2D eigenvalue weighted by molar-refractivity contribution is 0.0697. The van der Waals surface area contributed by atoms with Crippen LogP contribution in [0.2, 0.25) is 5.28 Å². The molecule has 0 amide bonds. The number of carbonyl (C=O) groups is 1. The number of aromatic hydroxyl groups is 1. The number of aromatic nitrogens is 4. The number of hydrogen-bond acceptors (Lipinski definition) is 16. The van der Waals surface area contributed by atoms with E-state index in [1.54, 1.807) is 37.3 Å². The summed E-state index contributed by atoms with van der Waals surface area (Å²) in [6, 6.07) is 17.2. The predicted octanol–water partition coefficient (Wildman–Crippen LogP) is 6.73. The Morgan fingerprint density at radius 1 is 0.814 bits per heavy atom. The van der Waals surface area contributed by atoms with Gasteiger partial charge in [-0.3, -0.25) is 18.6 Å². The summed E-state index contributed by atoms with van der Waals surface area (Å²) in [5.41, 5.74) is -0.461. The molecule has 7 rings (SSSR count). The highest BCUT2D eigenvalue weighted by molar-refractivity contribution is 7.86. The molecule has 0 saturated carbocycles. The van der Waals surface area contributed by atoms with Crippen LogP contribution in [0.5, 0.6) is 5.75 Å². The molecule has 7 N–H and O–H groups in total. The Hall–Kier alpha value is -6.25. The zero-order chi connectivity index (χ0) is 42.6. The number of phenols is 1. The van der Waals surface area contributed by atoms with Crippen LogP contribution in [0.4, 0.5) is 28.7 Å². The molecule has 302 valence electrons. The number of fused-ring (bicyclic) bond motifs is 2. The molecule has 0 atom stereocenters. The topological polar surface area (TPSA) is 324 Å². The molecule has 0 spiro atoms. The van der Waals surface area contributed by atoms with Crippen LogP contribution < -0.4 is 10.9 Å². The van der Waals surface area contributed by atoms with Crippen molar-refractivity contribution in [2.24, 2.45) is 15.2 Å². The molecule has 0 aliphatic heterocycles. The average Bonchev–Trinajstić information content (AvgIpc) is 3.55. The highest BCUT2D eigenvalue weighted by Crippen LogP contribution is 2.46. The Morgan fingerprint density at radius 2 is 1.51 bits per heavy atom. The van der Waals surface area contributed by atoms with E-state index in [9.17, 15) is 53.9 Å². The van der Waals surface area contributed by atoms with Gasteiger partial charge in [0.25, 0.3) is 30.4 Å². The van der Waals surface area contributed by atoms with Gasteiger partial charge >= 0.3 is 5.97 Å². The van der Waals surface area contributed by atoms with E-state index in [0.29, 0.717) is 32.0 Å². The van der Waals surface area contributed by atoms with Gasteiger partial charge in [-0.15, -0.1) is 21.6 Å². The second-order valence-corrected chi connectivity index (χ2v) is 17.9. The zero-order valence-corrected chi connectivity index (χ0v) is 33.3. The number of halogens is 1. The number of aromatic amines is 1. The second kappa shape index (κ2) is 15.2. The Bertz CT molecular complexity index is 3360. The Kier molecular flexibility index (Phi) is 10.5. The van der Waals surface area contributed by atoms with Gasteiger partial charge in [0.05, 0.1) is 36.6 Å². The van der Waals surface area contributed by atoms with E-state index in [0.717, 1.165) is 18.2 Å². The largest absolute Gasteiger partial charge is 0.505 e. The molecule has 5 aromatic carbocycles. The molecule has 7 aromatic rings. The van der Waals surface area contributed by atoms with Crippen molar-refractivity contribution in [3.05, 3.63) is 101 Å². The van der Waals surface area contributed by atoms with Crippen LogP contribution in [0.25, 0.3) is 31.6 Å². The molecular weight excluding hydrogens is 876 g/mol. The number of aromatic carboxylic acids is 1. The fraction of sp³-hybridized carbons (Fsp3) is 0.0294. The van der Waals surface area contributed by atoms with E-state index >= 15 is 0 Å². The monoisotopic (exact) mass is 898 g/mol. The quantitative estimate of drug-likeness (QED) is 0.0552. The number of azo groups is 1. The van der Waals surface area contributed by atoms with Crippen LogP contribution in [-0.2, 0) is 30.4 Å². The van der Waals surface area contributed by atoms with E-state index in [1.165, 1.54) is 41.7 Å². The highest BCUT2D eigenvalue weighted by atomic mass is 35.5. The number of carboxylic acid groups (broad SMARTS) is 1. The smallest absolute Gasteiger partial charge is 0.337 e. The van der Waals surface area contributed by atoms with E-state index in [2.05, 4.69) is 40.5 Å². The summed E-state index contributed by atoms with van der Waals surface area (Å²) < 4.78 is 103. The summed E-state index contributed by atoms with van der Waals surface area (Å²) >= 11 is 7.54. The fourth-order valence-corrected chi connectivity index (χ4v) is 8.82. The van der Waals surface area contributed by atoms with Gasteiger partial charge in [0.15, 0.2) is 5.75 Å². The number of benzene rings is 5. The molecule has 20 nitrogen and oxygen atoms in total. The SMILES string of the molecule is Cc1cc2sc(-c3ccc(Nc4nc(Cl)[nH]c(=Nc5cc(S(=O)(=O)O)cc6cc(S(=O)(=O)O)c(N=Nc7ccccc7C(=O)O)c(O)c56)n4)cc3)nc2cc1S(=O)(=O)O. The third-order valence-electron chi connectivity index (χ3n) is 8.28. The average molecular weight is 899 g/mol. The van der Waals surface area contributed by atoms with Crippen LogP contribution in [-0.4, -0.2) is 75.0 Å². The molecule has 25 heteroatoms. The van der Waals surface area contributed by atoms with Crippen LogP contribution in [0.3, 0.4) is 0 Å². The first-order valence-corrected chi connectivity index (χ1v) is 21.6. The number of rotatable bonds is 10. The molecule has 2 heterocycles. The van der Waals surface area contributed by atoms with Crippen LogP contribution in [0.15, 0.2) is 109 Å². The number of phenolic OH excluding ortho intramolecular Hbond substituents is 1. The first-order chi connectivity index (χ1) is 27.7. The maximum Gasteiger partial charge on any atom is 0.337 e. The third kappa shape index (κ3) is 8.64. The Morgan fingerprint density at radius 3 is 2.17 bits per heavy atom. The fourth-order valence-electron chi connectivity index (χ4n) is 5.69. The standard InChI is InChI=1S/C34H23ClN8O12S4/c1-15-10-24-22(14-25(15)58(50,51)52)37-30(56-24)16-6-8-18(9-7-16)36-33-39-32(35)40-34(41-33)38-23-13-19(57(47,48)49)11-17-12-26(59(53,54)55)28(29(44)27(17)23)43-42-21-5-3-2-4-20(21)31(45)46/h2-14,44H,1H3,(H,45,46)(H,47,48,49)(H,50,51,52)(H,53,54,55)(H2,36,38,39,40,41). The van der Waals surface area contributed by atoms with Crippen molar-refractivity contribution in [1.29, 1.82) is 0 Å². The van der Waals surface area contributed by atoms with Gasteiger partial charge < -0.3 is 15.5 Å². The minimum absolute atomic E-state index is 0.145. The minimum Gasteiger partial charge on any atom is -0.505 e. The number of carboxylic acids is 1. The number of nitrogens with one attached hydrogen (secondary N) is 2. The number of anilines is 2. The molecule has 0 unspecified atom stereocenters. The lowest BCUT2D eigenvalue weighted by Crippen LogP contribution is -2.16. The summed E-state index contributed by atoms with van der Waals surface area (Å²) in [5.74, 6) is -2.55. The second-order valence-electron chi connectivity index (χ2n) is 12.3. The van der Waals surface area contributed by atoms with E-state index in [-0.39, 0.29) is 43.8 Å². The van der Waals surface area contributed by atoms with Crippen molar-refractivity contribution < 1.29 is 53.9 Å². The number of thiazole rings is 1. The van der Waals surface area contributed by atoms with Crippen molar-refractivity contribution >= 4 is 109 Å². The number of H-pyrrole nitrogens is 1. The number of nitrogens with zero attached hydrogens (tertiary/aromatic N) is 6. The van der Waals surface area contributed by atoms with Crippen molar-refractivity contribution in [3.63, 3.8) is 0 Å². The van der Waals surface area contributed by atoms with E-state index in [1.807, 2.05) is 0 Å². The molecular formula is C34H23ClN8O12S4. The van der Waals surface area contributed by atoms with Gasteiger partial charge in [0, 0.05) is 11.3 Å². The van der Waals surface area contributed by atoms with E-state index < -0.39 is 63.2 Å². The Balaban J connectivity index is 1.30. The normalized spacial score (nSPS) is 12.8. The van der Waals surface area contributed by atoms with Gasteiger partial charge in [-0.2, -0.15) is 35.2 Å². The number of hydrogen-bond donors (Lipinski definition) is 7. The summed E-state index contributed by atoms with van der Waals surface area (Å²) in [6.45, 7) is 1.55. The van der Waals surface area contributed by atoms with Crippen LogP contribution in [0, 0.1) is 6.92 Å².